The Morgan fingerprint density at radius 1 is 1.21 bits per heavy atom. The van der Waals surface area contributed by atoms with Crippen LogP contribution in [0.1, 0.15) is 5.56 Å². The lowest BCUT2D eigenvalue weighted by atomic mass is 10.1. The molecule has 0 saturated heterocycles. The van der Waals surface area contributed by atoms with Gasteiger partial charge in [-0.05, 0) is 34.7 Å². The number of sulfone groups is 1. The molecule has 0 fully saturated rings. The summed E-state index contributed by atoms with van der Waals surface area (Å²) in [5.41, 5.74) is 0.514. The molecule has 1 atom stereocenters. The molecule has 2 N–H and O–H groups in total. The number of carboxylic acids is 1. The van der Waals surface area contributed by atoms with Gasteiger partial charge in [-0.3, -0.25) is 4.63 Å². The first-order valence-corrected chi connectivity index (χ1v) is 11.1. The quantitative estimate of drug-likeness (QED) is 0.316. The summed E-state index contributed by atoms with van der Waals surface area (Å²) in [6, 6.07) is 11.8. The highest BCUT2D eigenvalue weighted by molar-refractivity contribution is 7.91. The van der Waals surface area contributed by atoms with Crippen molar-refractivity contribution in [2.24, 2.45) is 0 Å². The Kier molecular flexibility index (Phi) is 7.48. The molecule has 0 aliphatic heterocycles. The van der Waals surface area contributed by atoms with Crippen LogP contribution in [-0.2, 0) is 25.8 Å². The zero-order chi connectivity index (χ0) is 24.7. The fourth-order valence-electron chi connectivity index (χ4n) is 2.77. The van der Waals surface area contributed by atoms with Crippen molar-refractivity contribution in [3.05, 3.63) is 78.0 Å². The highest BCUT2D eigenvalue weighted by atomic mass is 32.2. The number of hydrogen-bond acceptors (Lipinski definition) is 9. The summed E-state index contributed by atoms with van der Waals surface area (Å²) in [4.78, 5) is 22.7. The van der Waals surface area contributed by atoms with E-state index in [1.165, 1.54) is 54.6 Å². The second-order valence-electron chi connectivity index (χ2n) is 6.73. The minimum absolute atomic E-state index is 0.0718. The number of hydrogen-bond donors (Lipinski definition) is 2. The summed E-state index contributed by atoms with van der Waals surface area (Å²) >= 11 is 0. The zero-order valence-electron chi connectivity index (χ0n) is 17.5. The molecule has 12 nitrogen and oxygen atoms in total. The summed E-state index contributed by atoms with van der Waals surface area (Å²) in [5.74, 6) is -1.73. The molecule has 0 aliphatic carbocycles. The monoisotopic (exact) mass is 489 g/mol. The highest BCUT2D eigenvalue weighted by Gasteiger charge is 2.36. The summed E-state index contributed by atoms with van der Waals surface area (Å²) < 4.78 is 40.2. The van der Waals surface area contributed by atoms with Gasteiger partial charge in [-0.15, -0.1) is 0 Å². The first-order chi connectivity index (χ1) is 16.2. The van der Waals surface area contributed by atoms with Gasteiger partial charge in [-0.25, -0.2) is 18.0 Å². The van der Waals surface area contributed by atoms with Crippen LogP contribution in [0, 0.1) is 5.21 Å². The fraction of sp³-hybridized carbons (Fsp3) is 0.143. The van der Waals surface area contributed by atoms with E-state index in [1.807, 2.05) is 0 Å². The van der Waals surface area contributed by atoms with Gasteiger partial charge in [0.1, 0.15) is 18.4 Å². The smallest absolute Gasteiger partial charge is 0.420 e. The normalized spacial score (nSPS) is 11.9. The molecule has 0 aliphatic rings. The van der Waals surface area contributed by atoms with Gasteiger partial charge in [0.05, 0.1) is 10.1 Å². The van der Waals surface area contributed by atoms with Gasteiger partial charge < -0.3 is 25.1 Å². The molecule has 0 saturated carbocycles. The lowest BCUT2D eigenvalue weighted by Crippen LogP contribution is -2.42. The number of nitrogens with zero attached hydrogens (tertiary/aromatic N) is 2. The highest BCUT2D eigenvalue weighted by Crippen LogP contribution is 2.29. The van der Waals surface area contributed by atoms with Gasteiger partial charge in [0.25, 0.3) is 9.84 Å². The lowest BCUT2D eigenvalue weighted by Gasteiger charge is -2.14. The van der Waals surface area contributed by atoms with Crippen molar-refractivity contribution in [3.8, 4) is 11.6 Å². The molecular weight excluding hydrogens is 470 g/mol. The standard InChI is InChI=1S/C21H19N3O9S/c1-2-12-31-21(27)22-17(20(25)26)13-14-8-10-15(11-9-14)32-18-19(24(28)33-23-18)34(29,30)16-6-4-3-5-7-16/h2-11,17H,1,12-13H2,(H,22,27)(H,25,26)/t17-/m0/s1. The average molecular weight is 489 g/mol. The van der Waals surface area contributed by atoms with Crippen molar-refractivity contribution in [1.29, 1.82) is 0 Å². The summed E-state index contributed by atoms with van der Waals surface area (Å²) in [5, 5.41) is 26.1. The Morgan fingerprint density at radius 3 is 2.50 bits per heavy atom. The van der Waals surface area contributed by atoms with E-state index in [2.05, 4.69) is 21.7 Å². The largest absolute Gasteiger partial charge is 0.480 e. The first kappa shape index (κ1) is 24.3. The third-order valence-electron chi connectivity index (χ3n) is 4.35. The molecule has 34 heavy (non-hydrogen) atoms. The number of alkyl carbamates (subject to hydrolysis) is 1. The molecule has 0 unspecified atom stereocenters. The van der Waals surface area contributed by atoms with Gasteiger partial charge in [0.15, 0.2) is 0 Å². The molecule has 178 valence electrons. The zero-order valence-corrected chi connectivity index (χ0v) is 18.3. The van der Waals surface area contributed by atoms with Crippen LogP contribution in [-0.4, -0.2) is 43.4 Å². The van der Waals surface area contributed by atoms with E-state index in [1.54, 1.807) is 6.07 Å². The van der Waals surface area contributed by atoms with Crippen LogP contribution < -0.4 is 15.0 Å². The number of nitrogens with one attached hydrogen (secondary N) is 1. The second-order valence-corrected chi connectivity index (χ2v) is 8.59. The Balaban J connectivity index is 1.75. The number of carboxylic acid groups (broad SMARTS) is 1. The molecule has 0 spiro atoms. The Bertz CT molecular complexity index is 1270. The summed E-state index contributed by atoms with van der Waals surface area (Å²) in [7, 11) is -4.28. The summed E-state index contributed by atoms with van der Waals surface area (Å²) in [6.07, 6.45) is 0.362. The Morgan fingerprint density at radius 2 is 1.88 bits per heavy atom. The molecule has 2 aromatic carbocycles. The lowest BCUT2D eigenvalue weighted by molar-refractivity contribution is -0.832. The van der Waals surface area contributed by atoms with Crippen LogP contribution in [0.3, 0.4) is 0 Å². The van der Waals surface area contributed by atoms with Crippen molar-refractivity contribution in [2.75, 3.05) is 6.61 Å². The number of carbonyl (C=O) groups excluding carboxylic acids is 1. The number of benzene rings is 2. The van der Waals surface area contributed by atoms with Crippen molar-refractivity contribution < 1.29 is 42.1 Å². The minimum atomic E-state index is -4.28. The van der Waals surface area contributed by atoms with E-state index >= 15 is 0 Å². The predicted molar refractivity (Wildman–Crippen MR) is 114 cm³/mol. The van der Waals surface area contributed by atoms with E-state index in [9.17, 15) is 28.3 Å². The molecule has 3 rings (SSSR count). The van der Waals surface area contributed by atoms with Gasteiger partial charge in [0.2, 0.25) is 0 Å². The van der Waals surface area contributed by atoms with Gasteiger partial charge >= 0.3 is 23.0 Å². The van der Waals surface area contributed by atoms with Crippen molar-refractivity contribution >= 4 is 21.9 Å². The third-order valence-corrected chi connectivity index (χ3v) is 6.08. The molecule has 1 heterocycles. The van der Waals surface area contributed by atoms with E-state index in [-0.39, 0.29) is 28.6 Å². The molecule has 13 heteroatoms. The van der Waals surface area contributed by atoms with Crippen molar-refractivity contribution in [3.63, 3.8) is 0 Å². The Hall–Kier alpha value is -4.39. The number of aromatic nitrogens is 2. The number of aliphatic carboxylic acids is 1. The maximum Gasteiger partial charge on any atom is 0.420 e. The molecule has 3 aromatic rings. The van der Waals surface area contributed by atoms with E-state index in [0.29, 0.717) is 5.56 Å². The Labute approximate surface area is 193 Å². The molecule has 1 aromatic heterocycles. The van der Waals surface area contributed by atoms with Crippen LogP contribution in [0.5, 0.6) is 11.6 Å². The van der Waals surface area contributed by atoms with Gasteiger partial charge in [0, 0.05) is 6.42 Å². The number of carbonyl (C=O) groups is 2. The van der Waals surface area contributed by atoms with E-state index < -0.39 is 38.8 Å². The van der Waals surface area contributed by atoms with Crippen molar-refractivity contribution in [1.82, 2.24) is 10.5 Å². The average Bonchev–Trinajstić information content (AvgIpc) is 3.19. The number of rotatable bonds is 10. The van der Waals surface area contributed by atoms with Crippen LogP contribution in [0.2, 0.25) is 0 Å². The minimum Gasteiger partial charge on any atom is -0.480 e. The van der Waals surface area contributed by atoms with Crippen LogP contribution >= 0.6 is 0 Å². The van der Waals surface area contributed by atoms with E-state index in [0.717, 1.165) is 0 Å². The first-order valence-electron chi connectivity index (χ1n) is 9.66. The van der Waals surface area contributed by atoms with Crippen LogP contribution in [0.15, 0.2) is 81.8 Å². The summed E-state index contributed by atoms with van der Waals surface area (Å²) in [6.45, 7) is 3.32. The maximum atomic E-state index is 12.8. The van der Waals surface area contributed by atoms with E-state index in [4.69, 9.17) is 9.47 Å². The van der Waals surface area contributed by atoms with Crippen LogP contribution in [0.4, 0.5) is 4.79 Å². The SMILES string of the molecule is C=CCOC(=O)N[C@@H](Cc1ccc(Oc2no[n+]([O-])c2S(=O)(=O)c2ccccc2)cc1)C(=O)O. The van der Waals surface area contributed by atoms with Gasteiger partial charge in [-0.1, -0.05) is 43.0 Å². The molecular formula is C21H19N3O9S. The van der Waals surface area contributed by atoms with Crippen molar-refractivity contribution in [2.45, 2.75) is 22.4 Å². The fourth-order valence-corrected chi connectivity index (χ4v) is 4.05. The maximum absolute atomic E-state index is 12.8. The van der Waals surface area contributed by atoms with Gasteiger partial charge in [-0.2, -0.15) is 0 Å². The van der Waals surface area contributed by atoms with Crippen LogP contribution in [0.25, 0.3) is 0 Å². The molecule has 0 radical (unpaired) electrons. The predicted octanol–water partition coefficient (Wildman–Crippen LogP) is 1.84. The molecule has 1 amide bonds. The third kappa shape index (κ3) is 5.69. The number of ether oxygens (including phenoxy) is 2. The molecule has 0 bridgehead atoms. The second kappa shape index (κ2) is 10.5. The topological polar surface area (TPSA) is 172 Å². The number of amides is 1.